The van der Waals surface area contributed by atoms with Crippen LogP contribution in [0.25, 0.3) is 11.1 Å². The van der Waals surface area contributed by atoms with Gasteiger partial charge in [0.2, 0.25) is 0 Å². The number of nitrogen functional groups attached to an aromatic ring is 1. The van der Waals surface area contributed by atoms with E-state index < -0.39 is 0 Å². The van der Waals surface area contributed by atoms with E-state index in [-0.39, 0.29) is 6.01 Å². The molecule has 0 radical (unpaired) electrons. The van der Waals surface area contributed by atoms with Crippen molar-refractivity contribution in [2.24, 2.45) is 0 Å². The molecular weight excluding hydrogens is 200 g/mol. The topological polar surface area (TPSA) is 52.0 Å². The monoisotopic (exact) mass is 216 g/mol. The zero-order valence-corrected chi connectivity index (χ0v) is 9.28. The molecule has 0 bridgehead atoms. The highest BCUT2D eigenvalue weighted by Gasteiger charge is 2.16. The fourth-order valence-corrected chi connectivity index (χ4v) is 2.65. The normalized spacial score (nSPS) is 18.0. The Morgan fingerprint density at radius 1 is 1.19 bits per heavy atom. The number of rotatable bonds is 1. The van der Waals surface area contributed by atoms with Gasteiger partial charge in [0.05, 0.1) is 0 Å². The third-order valence-corrected chi connectivity index (χ3v) is 3.50. The molecule has 0 saturated heterocycles. The van der Waals surface area contributed by atoms with Crippen molar-refractivity contribution in [3.63, 3.8) is 0 Å². The van der Waals surface area contributed by atoms with Crippen molar-refractivity contribution in [1.29, 1.82) is 0 Å². The highest BCUT2D eigenvalue weighted by molar-refractivity contribution is 5.75. The smallest absolute Gasteiger partial charge is 0.292 e. The highest BCUT2D eigenvalue weighted by atomic mass is 16.4. The van der Waals surface area contributed by atoms with Gasteiger partial charge in [-0.15, -0.1) is 0 Å². The minimum absolute atomic E-state index is 0.260. The molecule has 84 valence electrons. The number of fused-ring (bicyclic) bond motifs is 1. The van der Waals surface area contributed by atoms with Crippen molar-refractivity contribution in [3.05, 3.63) is 23.8 Å². The molecule has 16 heavy (non-hydrogen) atoms. The molecule has 1 aliphatic carbocycles. The molecule has 0 atom stereocenters. The van der Waals surface area contributed by atoms with Crippen LogP contribution in [0.2, 0.25) is 0 Å². The average molecular weight is 216 g/mol. The van der Waals surface area contributed by atoms with E-state index in [4.69, 9.17) is 10.2 Å². The van der Waals surface area contributed by atoms with E-state index in [1.807, 2.05) is 6.07 Å². The quantitative estimate of drug-likeness (QED) is 0.794. The van der Waals surface area contributed by atoms with Crippen LogP contribution < -0.4 is 5.73 Å². The van der Waals surface area contributed by atoms with Gasteiger partial charge in [-0.05, 0) is 36.5 Å². The van der Waals surface area contributed by atoms with Crippen LogP contribution in [0.15, 0.2) is 22.6 Å². The van der Waals surface area contributed by atoms with Crippen LogP contribution in [-0.2, 0) is 0 Å². The van der Waals surface area contributed by atoms with Gasteiger partial charge in [0.15, 0.2) is 5.58 Å². The summed E-state index contributed by atoms with van der Waals surface area (Å²) in [4.78, 5) is 4.18. The number of hydrogen-bond donors (Lipinski definition) is 1. The first kappa shape index (κ1) is 9.70. The van der Waals surface area contributed by atoms with Crippen LogP contribution in [0.4, 0.5) is 6.01 Å². The zero-order valence-electron chi connectivity index (χ0n) is 9.28. The lowest BCUT2D eigenvalue weighted by atomic mass is 9.84. The summed E-state index contributed by atoms with van der Waals surface area (Å²) < 4.78 is 5.28. The Bertz CT molecular complexity index is 498. The van der Waals surface area contributed by atoms with Gasteiger partial charge in [-0.1, -0.05) is 25.3 Å². The third kappa shape index (κ3) is 1.66. The molecule has 1 aromatic heterocycles. The lowest BCUT2D eigenvalue weighted by Crippen LogP contribution is -2.04. The van der Waals surface area contributed by atoms with Gasteiger partial charge in [0.1, 0.15) is 5.52 Å². The van der Waals surface area contributed by atoms with Crippen LogP contribution >= 0.6 is 0 Å². The van der Waals surface area contributed by atoms with Gasteiger partial charge in [-0.2, -0.15) is 4.98 Å². The standard InChI is InChI=1S/C13H16N2O/c14-13-15-11-8-10(6-7-12(11)16-13)9-4-2-1-3-5-9/h6-9H,1-5H2,(H2,14,15). The lowest BCUT2D eigenvalue weighted by Gasteiger charge is -2.21. The summed E-state index contributed by atoms with van der Waals surface area (Å²) in [6.07, 6.45) is 6.70. The predicted octanol–water partition coefficient (Wildman–Crippen LogP) is 3.46. The van der Waals surface area contributed by atoms with Gasteiger partial charge in [-0.3, -0.25) is 0 Å². The van der Waals surface area contributed by atoms with Crippen LogP contribution in [-0.4, -0.2) is 4.98 Å². The number of nitrogens with zero attached hydrogens (tertiary/aromatic N) is 1. The largest absolute Gasteiger partial charge is 0.424 e. The summed E-state index contributed by atoms with van der Waals surface area (Å²) in [5, 5.41) is 0. The molecule has 2 N–H and O–H groups in total. The average Bonchev–Trinajstić information content (AvgIpc) is 2.69. The van der Waals surface area contributed by atoms with E-state index >= 15 is 0 Å². The van der Waals surface area contributed by atoms with E-state index in [1.165, 1.54) is 37.7 Å². The molecule has 3 rings (SSSR count). The van der Waals surface area contributed by atoms with Crippen LogP contribution in [0.5, 0.6) is 0 Å². The van der Waals surface area contributed by atoms with Gasteiger partial charge in [-0.25, -0.2) is 0 Å². The Kier molecular flexibility index (Phi) is 2.31. The van der Waals surface area contributed by atoms with Crippen molar-refractivity contribution < 1.29 is 4.42 Å². The second-order valence-electron chi connectivity index (χ2n) is 4.61. The van der Waals surface area contributed by atoms with E-state index in [0.717, 1.165) is 11.1 Å². The Balaban J connectivity index is 1.97. The van der Waals surface area contributed by atoms with Gasteiger partial charge in [0.25, 0.3) is 6.01 Å². The molecule has 1 fully saturated rings. The van der Waals surface area contributed by atoms with Crippen molar-refractivity contribution in [3.8, 4) is 0 Å². The minimum atomic E-state index is 0.260. The number of oxazole rings is 1. The number of aromatic nitrogens is 1. The number of hydrogen-bond acceptors (Lipinski definition) is 3. The molecule has 2 aromatic rings. The van der Waals surface area contributed by atoms with Crippen LogP contribution in [0, 0.1) is 0 Å². The van der Waals surface area contributed by atoms with Crippen molar-refractivity contribution in [2.45, 2.75) is 38.0 Å². The summed E-state index contributed by atoms with van der Waals surface area (Å²) in [5.41, 5.74) is 8.61. The Labute approximate surface area is 94.7 Å². The zero-order chi connectivity index (χ0) is 11.0. The molecule has 0 aliphatic heterocycles. The molecule has 0 spiro atoms. The lowest BCUT2D eigenvalue weighted by molar-refractivity contribution is 0.444. The predicted molar refractivity (Wildman–Crippen MR) is 64.2 cm³/mol. The summed E-state index contributed by atoms with van der Waals surface area (Å²) in [6, 6.07) is 6.53. The van der Waals surface area contributed by atoms with Crippen LogP contribution in [0.3, 0.4) is 0 Å². The maximum Gasteiger partial charge on any atom is 0.292 e. The molecule has 1 heterocycles. The number of anilines is 1. The summed E-state index contributed by atoms with van der Waals surface area (Å²) in [5.74, 6) is 0.705. The molecule has 0 unspecified atom stereocenters. The number of nitrogens with two attached hydrogens (primary N) is 1. The fraction of sp³-hybridized carbons (Fsp3) is 0.462. The first-order valence-electron chi connectivity index (χ1n) is 5.99. The maximum atomic E-state index is 5.54. The second kappa shape index (κ2) is 3.81. The SMILES string of the molecule is Nc1nc2cc(C3CCCCC3)ccc2o1. The highest BCUT2D eigenvalue weighted by Crippen LogP contribution is 2.33. The van der Waals surface area contributed by atoms with Crippen molar-refractivity contribution >= 4 is 17.1 Å². The fourth-order valence-electron chi connectivity index (χ4n) is 2.65. The maximum absolute atomic E-state index is 5.54. The van der Waals surface area contributed by atoms with Gasteiger partial charge < -0.3 is 10.2 Å². The Morgan fingerprint density at radius 3 is 2.81 bits per heavy atom. The van der Waals surface area contributed by atoms with E-state index in [9.17, 15) is 0 Å². The van der Waals surface area contributed by atoms with Crippen LogP contribution in [0.1, 0.15) is 43.6 Å². The molecule has 1 aromatic carbocycles. The van der Waals surface area contributed by atoms with Gasteiger partial charge in [0, 0.05) is 0 Å². The van der Waals surface area contributed by atoms with E-state index in [2.05, 4.69) is 17.1 Å². The molecule has 3 nitrogen and oxygen atoms in total. The van der Waals surface area contributed by atoms with E-state index in [0.29, 0.717) is 5.92 Å². The third-order valence-electron chi connectivity index (χ3n) is 3.50. The Morgan fingerprint density at radius 2 is 2.00 bits per heavy atom. The number of benzene rings is 1. The second-order valence-corrected chi connectivity index (χ2v) is 4.61. The van der Waals surface area contributed by atoms with E-state index in [1.54, 1.807) is 0 Å². The summed E-state index contributed by atoms with van der Waals surface area (Å²) >= 11 is 0. The van der Waals surface area contributed by atoms with Gasteiger partial charge >= 0.3 is 0 Å². The first-order chi connectivity index (χ1) is 7.83. The molecule has 1 saturated carbocycles. The molecule has 0 amide bonds. The van der Waals surface area contributed by atoms with Crippen molar-refractivity contribution in [1.82, 2.24) is 4.98 Å². The molecule has 1 aliphatic rings. The first-order valence-corrected chi connectivity index (χ1v) is 5.99. The summed E-state index contributed by atoms with van der Waals surface area (Å²) in [6.45, 7) is 0. The molecule has 3 heteroatoms. The molecular formula is C13H16N2O. The van der Waals surface area contributed by atoms with Crippen molar-refractivity contribution in [2.75, 3.05) is 5.73 Å². The summed E-state index contributed by atoms with van der Waals surface area (Å²) in [7, 11) is 0. The Hall–Kier alpha value is -1.51. The minimum Gasteiger partial charge on any atom is -0.424 e.